The summed E-state index contributed by atoms with van der Waals surface area (Å²) in [5.74, 6) is -0.128. The van der Waals surface area contributed by atoms with Crippen LogP contribution in [0.1, 0.15) is 16.1 Å². The van der Waals surface area contributed by atoms with Crippen LogP contribution in [0.5, 0.6) is 0 Å². The van der Waals surface area contributed by atoms with Crippen LogP contribution in [-0.4, -0.2) is 53.5 Å². The molecule has 86 valence electrons. The van der Waals surface area contributed by atoms with Crippen molar-refractivity contribution in [2.24, 2.45) is 0 Å². The molecule has 1 aliphatic rings. The van der Waals surface area contributed by atoms with Crippen molar-refractivity contribution in [1.82, 2.24) is 15.0 Å². The first-order valence-electron chi connectivity index (χ1n) is 5.12. The number of aryl methyl sites for hydroxylation is 1. The van der Waals surface area contributed by atoms with Gasteiger partial charge in [-0.25, -0.2) is 0 Å². The molecule has 1 saturated heterocycles. The highest BCUT2D eigenvalue weighted by Crippen LogP contribution is 2.10. The standard InChI is InChI=1S/C10H13N3O3/c1-8-6-16-11-9(8)10(15)13-4-2-12(7-14)3-5-13/h6-7H,2-5H2,1H3. The molecule has 0 N–H and O–H groups in total. The van der Waals surface area contributed by atoms with Crippen LogP contribution in [0.15, 0.2) is 10.8 Å². The van der Waals surface area contributed by atoms with Gasteiger partial charge in [-0.2, -0.15) is 0 Å². The van der Waals surface area contributed by atoms with Crippen LogP contribution in [0.4, 0.5) is 0 Å². The Hall–Kier alpha value is -1.85. The molecule has 1 fully saturated rings. The van der Waals surface area contributed by atoms with Crippen molar-refractivity contribution in [3.8, 4) is 0 Å². The molecule has 0 bridgehead atoms. The molecular formula is C10H13N3O3. The Morgan fingerprint density at radius 3 is 2.62 bits per heavy atom. The minimum atomic E-state index is -0.128. The molecule has 2 heterocycles. The lowest BCUT2D eigenvalue weighted by atomic mass is 10.2. The number of hydrogen-bond donors (Lipinski definition) is 0. The maximum absolute atomic E-state index is 12.0. The van der Waals surface area contributed by atoms with Gasteiger partial charge in [0.05, 0.1) is 0 Å². The third kappa shape index (κ3) is 1.91. The fraction of sp³-hybridized carbons (Fsp3) is 0.500. The minimum absolute atomic E-state index is 0.128. The van der Waals surface area contributed by atoms with Crippen molar-refractivity contribution in [1.29, 1.82) is 0 Å². The largest absolute Gasteiger partial charge is 0.364 e. The number of rotatable bonds is 2. The van der Waals surface area contributed by atoms with Gasteiger partial charge >= 0.3 is 0 Å². The number of carbonyl (C=O) groups is 2. The van der Waals surface area contributed by atoms with E-state index in [-0.39, 0.29) is 5.91 Å². The average Bonchev–Trinajstić information content (AvgIpc) is 2.75. The van der Waals surface area contributed by atoms with Crippen LogP contribution in [0.3, 0.4) is 0 Å². The van der Waals surface area contributed by atoms with Crippen molar-refractivity contribution < 1.29 is 14.1 Å². The van der Waals surface area contributed by atoms with Crippen LogP contribution in [0, 0.1) is 6.92 Å². The van der Waals surface area contributed by atoms with Crippen LogP contribution in [-0.2, 0) is 4.79 Å². The highest BCUT2D eigenvalue weighted by molar-refractivity contribution is 5.93. The molecule has 2 rings (SSSR count). The van der Waals surface area contributed by atoms with E-state index < -0.39 is 0 Å². The summed E-state index contributed by atoms with van der Waals surface area (Å²) in [4.78, 5) is 25.8. The Balaban J connectivity index is 2.02. The molecule has 0 spiro atoms. The van der Waals surface area contributed by atoms with Gasteiger partial charge in [-0.15, -0.1) is 0 Å². The van der Waals surface area contributed by atoms with Crippen molar-refractivity contribution >= 4 is 12.3 Å². The van der Waals surface area contributed by atoms with Crippen molar-refractivity contribution in [2.45, 2.75) is 6.92 Å². The van der Waals surface area contributed by atoms with Gasteiger partial charge in [0.15, 0.2) is 5.69 Å². The zero-order chi connectivity index (χ0) is 11.5. The molecular weight excluding hydrogens is 210 g/mol. The third-order valence-electron chi connectivity index (χ3n) is 2.70. The van der Waals surface area contributed by atoms with E-state index >= 15 is 0 Å². The molecule has 16 heavy (non-hydrogen) atoms. The first kappa shape index (κ1) is 10.7. The number of aromatic nitrogens is 1. The van der Waals surface area contributed by atoms with Crippen molar-refractivity contribution in [3.05, 3.63) is 17.5 Å². The lowest BCUT2D eigenvalue weighted by molar-refractivity contribution is -0.119. The van der Waals surface area contributed by atoms with E-state index in [4.69, 9.17) is 4.52 Å². The summed E-state index contributed by atoms with van der Waals surface area (Å²) >= 11 is 0. The van der Waals surface area contributed by atoms with Gasteiger partial charge in [-0.1, -0.05) is 5.16 Å². The highest BCUT2D eigenvalue weighted by Gasteiger charge is 2.24. The normalized spacial score (nSPS) is 16.3. The summed E-state index contributed by atoms with van der Waals surface area (Å²) in [7, 11) is 0. The second-order valence-corrected chi connectivity index (χ2v) is 3.78. The Kier molecular flexibility index (Phi) is 2.89. The van der Waals surface area contributed by atoms with Gasteiger partial charge in [-0.3, -0.25) is 9.59 Å². The first-order chi connectivity index (χ1) is 7.72. The van der Waals surface area contributed by atoms with E-state index in [2.05, 4.69) is 5.16 Å². The maximum atomic E-state index is 12.0. The second-order valence-electron chi connectivity index (χ2n) is 3.78. The van der Waals surface area contributed by atoms with Gasteiger partial charge in [-0.05, 0) is 6.92 Å². The summed E-state index contributed by atoms with van der Waals surface area (Å²) in [5, 5.41) is 3.68. The average molecular weight is 223 g/mol. The molecule has 1 aromatic heterocycles. The number of amides is 2. The first-order valence-corrected chi connectivity index (χ1v) is 5.12. The van der Waals surface area contributed by atoms with E-state index in [0.29, 0.717) is 31.9 Å². The molecule has 1 aromatic rings. The third-order valence-corrected chi connectivity index (χ3v) is 2.70. The fourth-order valence-electron chi connectivity index (χ4n) is 1.67. The van der Waals surface area contributed by atoms with Crippen LogP contribution >= 0.6 is 0 Å². The molecule has 0 atom stereocenters. The summed E-state index contributed by atoms with van der Waals surface area (Å²) in [6.07, 6.45) is 2.26. The molecule has 1 aliphatic heterocycles. The van der Waals surface area contributed by atoms with Crippen molar-refractivity contribution in [2.75, 3.05) is 26.2 Å². The Labute approximate surface area is 92.8 Å². The monoisotopic (exact) mass is 223 g/mol. The Bertz CT molecular complexity index is 394. The second kappa shape index (κ2) is 4.34. The predicted octanol–water partition coefficient (Wildman–Crippen LogP) is -0.103. The van der Waals surface area contributed by atoms with Crippen LogP contribution in [0.2, 0.25) is 0 Å². The summed E-state index contributed by atoms with van der Waals surface area (Å²) in [6.45, 7) is 4.03. The van der Waals surface area contributed by atoms with Crippen molar-refractivity contribution in [3.63, 3.8) is 0 Å². The van der Waals surface area contributed by atoms with E-state index in [9.17, 15) is 9.59 Å². The van der Waals surface area contributed by atoms with E-state index in [1.807, 2.05) is 0 Å². The fourth-order valence-corrected chi connectivity index (χ4v) is 1.67. The predicted molar refractivity (Wildman–Crippen MR) is 54.8 cm³/mol. The molecule has 0 radical (unpaired) electrons. The molecule has 2 amide bonds. The van der Waals surface area contributed by atoms with Gasteiger partial charge < -0.3 is 14.3 Å². The Morgan fingerprint density at radius 2 is 2.12 bits per heavy atom. The molecule has 0 aliphatic carbocycles. The highest BCUT2D eigenvalue weighted by atomic mass is 16.5. The van der Waals surface area contributed by atoms with Gasteiger partial charge in [0.1, 0.15) is 6.26 Å². The zero-order valence-corrected chi connectivity index (χ0v) is 9.05. The SMILES string of the molecule is Cc1conc1C(=O)N1CCN(C=O)CC1. The molecule has 6 nitrogen and oxygen atoms in total. The number of nitrogens with zero attached hydrogens (tertiary/aromatic N) is 3. The van der Waals surface area contributed by atoms with Crippen LogP contribution < -0.4 is 0 Å². The van der Waals surface area contributed by atoms with Gasteiger partial charge in [0.2, 0.25) is 6.41 Å². The summed E-state index contributed by atoms with van der Waals surface area (Å²) < 4.78 is 4.74. The zero-order valence-electron chi connectivity index (χ0n) is 9.05. The van der Waals surface area contributed by atoms with E-state index in [1.54, 1.807) is 16.7 Å². The summed E-state index contributed by atoms with van der Waals surface area (Å²) in [6, 6.07) is 0. The smallest absolute Gasteiger partial charge is 0.276 e. The lowest BCUT2D eigenvalue weighted by Gasteiger charge is -2.32. The van der Waals surface area contributed by atoms with Crippen LogP contribution in [0.25, 0.3) is 0 Å². The Morgan fingerprint density at radius 1 is 1.44 bits per heavy atom. The maximum Gasteiger partial charge on any atom is 0.276 e. The molecule has 0 saturated carbocycles. The quantitative estimate of drug-likeness (QED) is 0.656. The van der Waals surface area contributed by atoms with Gasteiger partial charge in [0, 0.05) is 31.7 Å². The van der Waals surface area contributed by atoms with E-state index in [0.717, 1.165) is 12.0 Å². The minimum Gasteiger partial charge on any atom is -0.364 e. The topological polar surface area (TPSA) is 66.7 Å². The van der Waals surface area contributed by atoms with Gasteiger partial charge in [0.25, 0.3) is 5.91 Å². The lowest BCUT2D eigenvalue weighted by Crippen LogP contribution is -2.48. The molecule has 6 heteroatoms. The summed E-state index contributed by atoms with van der Waals surface area (Å²) in [5.41, 5.74) is 1.10. The number of carbonyl (C=O) groups excluding carboxylic acids is 2. The van der Waals surface area contributed by atoms with E-state index in [1.165, 1.54) is 6.26 Å². The number of hydrogen-bond acceptors (Lipinski definition) is 4. The number of piperazine rings is 1. The molecule has 0 unspecified atom stereocenters. The molecule has 0 aromatic carbocycles.